The molecule has 2 aromatic carbocycles. The summed E-state index contributed by atoms with van der Waals surface area (Å²) in [6, 6.07) is 14.4. The van der Waals surface area contributed by atoms with Gasteiger partial charge in [0.15, 0.2) is 18.1 Å². The molecule has 0 aromatic heterocycles. The van der Waals surface area contributed by atoms with E-state index in [2.05, 4.69) is 5.32 Å². The van der Waals surface area contributed by atoms with Gasteiger partial charge in [0.1, 0.15) is 5.75 Å². The van der Waals surface area contributed by atoms with E-state index < -0.39 is 0 Å². The van der Waals surface area contributed by atoms with Gasteiger partial charge in [0.05, 0.1) is 19.4 Å². The molecule has 1 N–H and O–H groups in total. The molecule has 2 aromatic rings. The van der Waals surface area contributed by atoms with Gasteiger partial charge in [0.25, 0.3) is 5.91 Å². The lowest BCUT2D eigenvalue weighted by Crippen LogP contribution is -2.39. The highest BCUT2D eigenvalue weighted by Crippen LogP contribution is 2.28. The third-order valence-corrected chi connectivity index (χ3v) is 3.92. The number of carbonyl (C=O) groups excluding carboxylic acids is 2. The maximum Gasteiger partial charge on any atom is 0.258 e. The van der Waals surface area contributed by atoms with E-state index >= 15 is 0 Å². The van der Waals surface area contributed by atoms with Crippen LogP contribution in [-0.4, -0.2) is 45.2 Å². The average molecular weight is 386 g/mol. The Morgan fingerprint density at radius 2 is 1.61 bits per heavy atom. The standard InChI is InChI=1S/C21H26N2O5/c1-4-27-18-10-6-5-9-17(18)23(16(2)24)14-13-22-21(25)15-28-20-12-8-7-11-19(20)26-3/h5-12H,4,13-15H2,1-3H3,(H,22,25). The van der Waals surface area contributed by atoms with Crippen molar-refractivity contribution in [3.8, 4) is 17.2 Å². The number of methoxy groups -OCH3 is 1. The van der Waals surface area contributed by atoms with Gasteiger partial charge in [-0.05, 0) is 31.2 Å². The van der Waals surface area contributed by atoms with E-state index in [1.54, 1.807) is 30.2 Å². The van der Waals surface area contributed by atoms with Gasteiger partial charge in [-0.3, -0.25) is 9.59 Å². The Balaban J connectivity index is 1.89. The van der Waals surface area contributed by atoms with Crippen LogP contribution in [0.5, 0.6) is 17.2 Å². The Labute approximate surface area is 165 Å². The molecular formula is C21H26N2O5. The van der Waals surface area contributed by atoms with E-state index in [4.69, 9.17) is 14.2 Å². The fourth-order valence-corrected chi connectivity index (χ4v) is 2.64. The number of hydrogen-bond donors (Lipinski definition) is 1. The fraction of sp³-hybridized carbons (Fsp3) is 0.333. The highest BCUT2D eigenvalue weighted by atomic mass is 16.5. The molecular weight excluding hydrogens is 360 g/mol. The Bertz CT molecular complexity index is 794. The first-order valence-corrected chi connectivity index (χ1v) is 9.09. The number of nitrogens with zero attached hydrogens (tertiary/aromatic N) is 1. The van der Waals surface area contributed by atoms with E-state index in [9.17, 15) is 9.59 Å². The Morgan fingerprint density at radius 3 is 2.25 bits per heavy atom. The molecule has 0 aliphatic rings. The molecule has 0 unspecified atom stereocenters. The molecule has 28 heavy (non-hydrogen) atoms. The van der Waals surface area contributed by atoms with Crippen LogP contribution in [0.1, 0.15) is 13.8 Å². The highest BCUT2D eigenvalue weighted by Gasteiger charge is 2.16. The van der Waals surface area contributed by atoms with Crippen molar-refractivity contribution in [3.63, 3.8) is 0 Å². The van der Waals surface area contributed by atoms with Crippen LogP contribution in [-0.2, 0) is 9.59 Å². The fourth-order valence-electron chi connectivity index (χ4n) is 2.64. The summed E-state index contributed by atoms with van der Waals surface area (Å²) in [5.74, 6) is 1.27. The minimum Gasteiger partial charge on any atom is -0.493 e. The lowest BCUT2D eigenvalue weighted by Gasteiger charge is -2.23. The summed E-state index contributed by atoms with van der Waals surface area (Å²) in [5, 5.41) is 2.76. The predicted octanol–water partition coefficient (Wildman–Crippen LogP) is 2.64. The van der Waals surface area contributed by atoms with E-state index in [0.717, 1.165) is 0 Å². The number of carbonyl (C=O) groups is 2. The summed E-state index contributed by atoms with van der Waals surface area (Å²) in [5.41, 5.74) is 0.677. The molecule has 0 saturated carbocycles. The van der Waals surface area contributed by atoms with Crippen LogP contribution in [0.4, 0.5) is 5.69 Å². The summed E-state index contributed by atoms with van der Waals surface area (Å²) >= 11 is 0. The van der Waals surface area contributed by atoms with Crippen molar-refractivity contribution < 1.29 is 23.8 Å². The zero-order valence-electron chi connectivity index (χ0n) is 16.4. The highest BCUT2D eigenvalue weighted by molar-refractivity contribution is 5.93. The van der Waals surface area contributed by atoms with Crippen LogP contribution in [0.2, 0.25) is 0 Å². The lowest BCUT2D eigenvalue weighted by molar-refractivity contribution is -0.123. The van der Waals surface area contributed by atoms with E-state index in [0.29, 0.717) is 36.1 Å². The number of ether oxygens (including phenoxy) is 3. The van der Waals surface area contributed by atoms with Crippen molar-refractivity contribution in [2.45, 2.75) is 13.8 Å². The van der Waals surface area contributed by atoms with Crippen LogP contribution in [0.15, 0.2) is 48.5 Å². The van der Waals surface area contributed by atoms with Crippen LogP contribution in [0.3, 0.4) is 0 Å². The van der Waals surface area contributed by atoms with Gasteiger partial charge in [0, 0.05) is 20.0 Å². The summed E-state index contributed by atoms with van der Waals surface area (Å²) in [4.78, 5) is 25.7. The zero-order valence-corrected chi connectivity index (χ0v) is 16.4. The first-order valence-electron chi connectivity index (χ1n) is 9.09. The molecule has 0 atom stereocenters. The monoisotopic (exact) mass is 386 g/mol. The molecule has 150 valence electrons. The first-order chi connectivity index (χ1) is 13.6. The normalized spacial score (nSPS) is 10.1. The molecule has 7 heteroatoms. The van der Waals surface area contributed by atoms with E-state index in [1.165, 1.54) is 6.92 Å². The summed E-state index contributed by atoms with van der Waals surface area (Å²) in [7, 11) is 1.54. The second kappa shape index (κ2) is 10.8. The molecule has 0 aliphatic carbocycles. The van der Waals surface area contributed by atoms with Gasteiger partial charge in [-0.1, -0.05) is 24.3 Å². The first kappa shape index (κ1) is 21.1. The number of benzene rings is 2. The minimum atomic E-state index is -0.285. The zero-order chi connectivity index (χ0) is 20.4. The second-order valence-corrected chi connectivity index (χ2v) is 5.86. The van der Waals surface area contributed by atoms with Crippen LogP contribution in [0.25, 0.3) is 0 Å². The summed E-state index contributed by atoms with van der Waals surface area (Å²) in [6.07, 6.45) is 0. The van der Waals surface area contributed by atoms with E-state index in [-0.39, 0.29) is 25.0 Å². The summed E-state index contributed by atoms with van der Waals surface area (Å²) < 4.78 is 16.3. The largest absolute Gasteiger partial charge is 0.493 e. The maximum atomic E-state index is 12.1. The summed E-state index contributed by atoms with van der Waals surface area (Å²) in [6.45, 7) is 4.33. The molecule has 0 radical (unpaired) electrons. The van der Waals surface area contributed by atoms with Crippen molar-refractivity contribution >= 4 is 17.5 Å². The molecule has 0 aliphatic heterocycles. The van der Waals surface area contributed by atoms with Crippen molar-refractivity contribution in [3.05, 3.63) is 48.5 Å². The molecule has 0 heterocycles. The number of hydrogen-bond acceptors (Lipinski definition) is 5. The van der Waals surface area contributed by atoms with Gasteiger partial charge in [-0.25, -0.2) is 0 Å². The van der Waals surface area contributed by atoms with Crippen LogP contribution in [0, 0.1) is 0 Å². The number of rotatable bonds is 10. The van der Waals surface area contributed by atoms with Gasteiger partial charge >= 0.3 is 0 Å². The molecule has 0 saturated heterocycles. The van der Waals surface area contributed by atoms with E-state index in [1.807, 2.05) is 37.3 Å². The number of amides is 2. The number of anilines is 1. The maximum absolute atomic E-state index is 12.1. The van der Waals surface area contributed by atoms with Crippen LogP contribution >= 0.6 is 0 Å². The molecule has 0 fully saturated rings. The Morgan fingerprint density at radius 1 is 0.964 bits per heavy atom. The topological polar surface area (TPSA) is 77.1 Å². The third kappa shape index (κ3) is 5.90. The molecule has 2 amide bonds. The van der Waals surface area contributed by atoms with Crippen LogP contribution < -0.4 is 24.4 Å². The minimum absolute atomic E-state index is 0.133. The number of para-hydroxylation sites is 4. The molecule has 7 nitrogen and oxygen atoms in total. The van der Waals surface area contributed by atoms with Gasteiger partial charge in [0.2, 0.25) is 5.91 Å². The SMILES string of the molecule is CCOc1ccccc1N(CCNC(=O)COc1ccccc1OC)C(C)=O. The molecule has 0 bridgehead atoms. The van der Waals surface area contributed by atoms with Crippen molar-refractivity contribution in [2.75, 3.05) is 38.3 Å². The van der Waals surface area contributed by atoms with Crippen molar-refractivity contribution in [1.29, 1.82) is 0 Å². The lowest BCUT2D eigenvalue weighted by atomic mass is 10.2. The van der Waals surface area contributed by atoms with Crippen molar-refractivity contribution in [2.24, 2.45) is 0 Å². The van der Waals surface area contributed by atoms with Gasteiger partial charge < -0.3 is 24.4 Å². The predicted molar refractivity (Wildman–Crippen MR) is 107 cm³/mol. The van der Waals surface area contributed by atoms with Gasteiger partial charge in [-0.15, -0.1) is 0 Å². The number of nitrogens with one attached hydrogen (secondary N) is 1. The second-order valence-electron chi connectivity index (χ2n) is 5.86. The average Bonchev–Trinajstić information content (AvgIpc) is 2.70. The third-order valence-electron chi connectivity index (χ3n) is 3.92. The Hall–Kier alpha value is -3.22. The molecule has 2 rings (SSSR count). The van der Waals surface area contributed by atoms with Crippen molar-refractivity contribution in [1.82, 2.24) is 5.32 Å². The Kier molecular flexibility index (Phi) is 8.14. The van der Waals surface area contributed by atoms with Gasteiger partial charge in [-0.2, -0.15) is 0 Å². The molecule has 0 spiro atoms. The smallest absolute Gasteiger partial charge is 0.258 e. The quantitative estimate of drug-likeness (QED) is 0.679.